The average molecular weight is 453 g/mol. The van der Waals surface area contributed by atoms with E-state index in [0.29, 0.717) is 29.6 Å². The second kappa shape index (κ2) is 7.57. The van der Waals surface area contributed by atoms with Gasteiger partial charge in [-0.3, -0.25) is 9.48 Å². The van der Waals surface area contributed by atoms with Crippen molar-refractivity contribution in [3.05, 3.63) is 18.0 Å². The lowest BCUT2D eigenvalue weighted by molar-refractivity contribution is -0.145. The molecule has 0 bridgehead atoms. The van der Waals surface area contributed by atoms with Crippen LogP contribution >= 0.6 is 0 Å². The molecule has 0 aromatic carbocycles. The predicted octanol–water partition coefficient (Wildman–Crippen LogP) is 5.49. The number of fused-ring (bicyclic) bond motifs is 5. The quantitative estimate of drug-likeness (QED) is 0.660. The molecule has 1 heterocycles. The van der Waals surface area contributed by atoms with Crippen molar-refractivity contribution in [2.75, 3.05) is 0 Å². The number of aromatic nitrogens is 2. The molecule has 4 aliphatic carbocycles. The summed E-state index contributed by atoms with van der Waals surface area (Å²) in [5.74, 6) is 2.81. The minimum Gasteiger partial charge on any atom is -0.390 e. The van der Waals surface area contributed by atoms with Crippen molar-refractivity contribution < 1.29 is 23.1 Å². The van der Waals surface area contributed by atoms with Crippen molar-refractivity contribution in [3.63, 3.8) is 0 Å². The van der Waals surface area contributed by atoms with Crippen LogP contribution < -0.4 is 0 Å². The molecular weight excluding hydrogens is 417 g/mol. The molecule has 8 atom stereocenters. The predicted molar refractivity (Wildman–Crippen MR) is 113 cm³/mol. The zero-order valence-electron chi connectivity index (χ0n) is 19.1. The van der Waals surface area contributed by atoms with E-state index >= 15 is 0 Å². The molecular formula is C25H35F3N2O2. The number of hydrogen-bond acceptors (Lipinski definition) is 3. The van der Waals surface area contributed by atoms with Crippen molar-refractivity contribution >= 4 is 5.78 Å². The van der Waals surface area contributed by atoms with Gasteiger partial charge in [-0.15, -0.1) is 0 Å². The number of carbonyl (C=O) groups excluding carboxylic acids is 1. The Bertz CT molecular complexity index is 879. The van der Waals surface area contributed by atoms with Gasteiger partial charge in [-0.25, -0.2) is 0 Å². The highest BCUT2D eigenvalue weighted by Crippen LogP contribution is 2.64. The fourth-order valence-corrected chi connectivity index (χ4v) is 8.57. The van der Waals surface area contributed by atoms with Crippen molar-refractivity contribution in [1.29, 1.82) is 0 Å². The van der Waals surface area contributed by atoms with Crippen LogP contribution in [0.1, 0.15) is 77.3 Å². The molecule has 0 spiro atoms. The number of alkyl halides is 3. The van der Waals surface area contributed by atoms with E-state index in [2.05, 4.69) is 12.0 Å². The van der Waals surface area contributed by atoms with Crippen LogP contribution in [0.5, 0.6) is 0 Å². The smallest absolute Gasteiger partial charge is 0.390 e. The van der Waals surface area contributed by atoms with Crippen LogP contribution in [-0.4, -0.2) is 26.3 Å². The number of nitrogens with zero attached hydrogens (tertiary/aromatic N) is 2. The monoisotopic (exact) mass is 452 g/mol. The van der Waals surface area contributed by atoms with Gasteiger partial charge in [0.2, 0.25) is 0 Å². The van der Waals surface area contributed by atoms with Crippen LogP contribution in [-0.2, 0) is 17.5 Å². The number of ketones is 1. The molecule has 1 N–H and O–H groups in total. The third-order valence-electron chi connectivity index (χ3n) is 9.94. The third-order valence-corrected chi connectivity index (χ3v) is 9.94. The summed E-state index contributed by atoms with van der Waals surface area (Å²) < 4.78 is 40.5. The van der Waals surface area contributed by atoms with Crippen LogP contribution in [0.3, 0.4) is 0 Å². The number of Topliss-reactive ketones (excluding diaryl/α,β-unsaturated/α-hetero) is 1. The maximum atomic E-state index is 13.3. The van der Waals surface area contributed by atoms with Gasteiger partial charge in [-0.05, 0) is 106 Å². The van der Waals surface area contributed by atoms with Gasteiger partial charge in [0.1, 0.15) is 12.2 Å². The lowest BCUT2D eigenvalue weighted by atomic mass is 9.49. The van der Waals surface area contributed by atoms with Crippen molar-refractivity contribution in [2.45, 2.75) is 90.0 Å². The van der Waals surface area contributed by atoms with E-state index in [1.807, 2.05) is 6.92 Å². The van der Waals surface area contributed by atoms with Crippen LogP contribution in [0.25, 0.3) is 0 Å². The number of aliphatic hydroxyl groups is 1. The Labute approximate surface area is 187 Å². The van der Waals surface area contributed by atoms with Gasteiger partial charge in [0, 0.05) is 12.1 Å². The molecule has 0 aliphatic heterocycles. The molecule has 4 aliphatic rings. The van der Waals surface area contributed by atoms with Gasteiger partial charge in [0.15, 0.2) is 5.78 Å². The fraction of sp³-hybridized carbons (Fsp3) is 0.840. The first-order valence-electron chi connectivity index (χ1n) is 12.3. The number of hydrogen-bond donors (Lipinski definition) is 1. The van der Waals surface area contributed by atoms with Gasteiger partial charge in [0.25, 0.3) is 0 Å². The number of carbonyl (C=O) groups is 1. The summed E-state index contributed by atoms with van der Waals surface area (Å²) in [5, 5.41) is 14.4. The molecule has 1 unspecified atom stereocenters. The van der Waals surface area contributed by atoms with E-state index in [-0.39, 0.29) is 23.7 Å². The van der Waals surface area contributed by atoms with Crippen LogP contribution in [0, 0.1) is 40.9 Å². The second-order valence-corrected chi connectivity index (χ2v) is 11.7. The van der Waals surface area contributed by atoms with Crippen LogP contribution in [0.4, 0.5) is 13.2 Å². The van der Waals surface area contributed by atoms with Crippen molar-refractivity contribution in [2.24, 2.45) is 40.9 Å². The minimum absolute atomic E-state index is 0.0925. The van der Waals surface area contributed by atoms with Gasteiger partial charge in [0.05, 0.1) is 5.60 Å². The summed E-state index contributed by atoms with van der Waals surface area (Å²) in [4.78, 5) is 13.3. The lowest BCUT2D eigenvalue weighted by Crippen LogP contribution is -2.51. The Hall–Kier alpha value is -1.37. The fourth-order valence-electron chi connectivity index (χ4n) is 8.57. The molecule has 7 heteroatoms. The van der Waals surface area contributed by atoms with E-state index in [4.69, 9.17) is 0 Å². The Morgan fingerprint density at radius 2 is 1.84 bits per heavy atom. The molecule has 4 fully saturated rings. The van der Waals surface area contributed by atoms with E-state index in [9.17, 15) is 23.1 Å². The van der Waals surface area contributed by atoms with Crippen molar-refractivity contribution in [1.82, 2.24) is 9.78 Å². The van der Waals surface area contributed by atoms with E-state index in [1.165, 1.54) is 6.42 Å². The average Bonchev–Trinajstić information content (AvgIpc) is 3.30. The molecule has 1 aromatic heterocycles. The summed E-state index contributed by atoms with van der Waals surface area (Å²) in [5.41, 5.74) is -1.48. The minimum atomic E-state index is -4.50. The normalized spacial score (nSPS) is 43.9. The maximum Gasteiger partial charge on any atom is 0.433 e. The van der Waals surface area contributed by atoms with E-state index < -0.39 is 17.5 Å². The molecule has 5 rings (SSSR count). The molecule has 0 amide bonds. The number of halogens is 3. The Balaban J connectivity index is 1.31. The summed E-state index contributed by atoms with van der Waals surface area (Å²) in [6, 6.07) is 0.942. The molecule has 4 saturated carbocycles. The molecule has 178 valence electrons. The molecule has 0 radical (unpaired) electrons. The molecule has 1 aromatic rings. The first-order chi connectivity index (χ1) is 15.0. The van der Waals surface area contributed by atoms with E-state index in [0.717, 1.165) is 68.3 Å². The zero-order chi connectivity index (χ0) is 22.9. The largest absolute Gasteiger partial charge is 0.433 e. The standard InChI is InChI=1S/C25H35F3N2O2/c1-23(32)10-7-16-15(13-23)3-4-18-17(16)8-11-24(2)19(18)5-6-20(24)21(31)14-30-22(9-12-29-30)25(26,27)28/h9,12,15-20,32H,3-8,10-11,13-14H2,1-2H3/t15-,16-,17+,18?,19-,20+,23+,24-/m0/s1. The Kier molecular flexibility index (Phi) is 5.31. The summed E-state index contributed by atoms with van der Waals surface area (Å²) in [6.45, 7) is 3.92. The molecule has 4 nitrogen and oxygen atoms in total. The van der Waals surface area contributed by atoms with Gasteiger partial charge in [-0.2, -0.15) is 18.3 Å². The molecule has 32 heavy (non-hydrogen) atoms. The van der Waals surface area contributed by atoms with Crippen LogP contribution in [0.2, 0.25) is 0 Å². The highest BCUT2D eigenvalue weighted by atomic mass is 19.4. The molecule has 0 saturated heterocycles. The lowest BCUT2D eigenvalue weighted by Gasteiger charge is -2.56. The zero-order valence-corrected chi connectivity index (χ0v) is 19.1. The van der Waals surface area contributed by atoms with Crippen molar-refractivity contribution in [3.8, 4) is 0 Å². The summed E-state index contributed by atoms with van der Waals surface area (Å²) in [6.07, 6.45) is 5.74. The first-order valence-corrected chi connectivity index (χ1v) is 12.3. The number of rotatable bonds is 3. The summed E-state index contributed by atoms with van der Waals surface area (Å²) >= 11 is 0. The third kappa shape index (κ3) is 3.63. The SMILES string of the molecule is C[C@@]1(O)CC[C@H]2[C@@H](CCC3[C@@H]2CC[C@]2(C)[C@@H](C(=O)Cn4nccc4C(F)(F)F)CC[C@@H]32)C1. The van der Waals surface area contributed by atoms with E-state index in [1.54, 1.807) is 0 Å². The van der Waals surface area contributed by atoms with Gasteiger partial charge >= 0.3 is 6.18 Å². The van der Waals surface area contributed by atoms with Crippen LogP contribution in [0.15, 0.2) is 12.3 Å². The first kappa shape index (κ1) is 22.4. The topological polar surface area (TPSA) is 55.1 Å². The maximum absolute atomic E-state index is 13.3. The Morgan fingerprint density at radius 1 is 1.09 bits per heavy atom. The van der Waals surface area contributed by atoms with Gasteiger partial charge < -0.3 is 5.11 Å². The summed E-state index contributed by atoms with van der Waals surface area (Å²) in [7, 11) is 0. The second-order valence-electron chi connectivity index (χ2n) is 11.7. The highest BCUT2D eigenvalue weighted by Gasteiger charge is 2.58. The van der Waals surface area contributed by atoms with Gasteiger partial charge in [-0.1, -0.05) is 6.92 Å². The Morgan fingerprint density at radius 3 is 2.59 bits per heavy atom. The highest BCUT2D eigenvalue weighted by molar-refractivity contribution is 5.82.